The molecule has 0 radical (unpaired) electrons. The number of aromatic nitrogens is 3. The van der Waals surface area contributed by atoms with Crippen molar-refractivity contribution in [3.8, 4) is 5.88 Å². The Morgan fingerprint density at radius 3 is 2.75 bits per heavy atom. The molecule has 0 atom stereocenters. The lowest BCUT2D eigenvalue weighted by Crippen LogP contribution is -1.97. The molecule has 0 aromatic carbocycles. The molecule has 0 fully saturated rings. The molecular weight excluding hydrogens is 204 g/mol. The van der Waals surface area contributed by atoms with Crippen LogP contribution in [0, 0.1) is 0 Å². The van der Waals surface area contributed by atoms with E-state index >= 15 is 0 Å². The summed E-state index contributed by atoms with van der Waals surface area (Å²) in [7, 11) is 1.60. The predicted molar refractivity (Wildman–Crippen MR) is 60.1 cm³/mol. The van der Waals surface area contributed by atoms with Crippen molar-refractivity contribution in [3.63, 3.8) is 0 Å². The van der Waals surface area contributed by atoms with Gasteiger partial charge in [0.1, 0.15) is 5.82 Å². The Kier molecular flexibility index (Phi) is 3.16. The van der Waals surface area contributed by atoms with Gasteiger partial charge in [0.25, 0.3) is 0 Å². The summed E-state index contributed by atoms with van der Waals surface area (Å²) in [5.74, 6) is 1.51. The van der Waals surface area contributed by atoms with E-state index in [-0.39, 0.29) is 0 Å². The summed E-state index contributed by atoms with van der Waals surface area (Å²) in [6.45, 7) is 0.480. The van der Waals surface area contributed by atoms with Crippen LogP contribution in [0.4, 0.5) is 0 Å². The van der Waals surface area contributed by atoms with Crippen LogP contribution in [0.5, 0.6) is 5.88 Å². The zero-order valence-electron chi connectivity index (χ0n) is 9.10. The molecule has 0 saturated carbocycles. The molecule has 0 saturated heterocycles. The third kappa shape index (κ3) is 2.38. The van der Waals surface area contributed by atoms with Gasteiger partial charge in [-0.05, 0) is 5.56 Å². The van der Waals surface area contributed by atoms with Gasteiger partial charge in [-0.2, -0.15) is 0 Å². The fourth-order valence-corrected chi connectivity index (χ4v) is 1.43. The Morgan fingerprint density at radius 2 is 2.19 bits per heavy atom. The van der Waals surface area contributed by atoms with Gasteiger partial charge in [-0.1, -0.05) is 6.07 Å². The molecular formula is C11H14N4O. The van der Waals surface area contributed by atoms with E-state index in [2.05, 4.69) is 15.0 Å². The zero-order chi connectivity index (χ0) is 11.4. The number of pyridine rings is 1. The second-order valence-electron chi connectivity index (χ2n) is 3.44. The molecule has 5 heteroatoms. The van der Waals surface area contributed by atoms with Gasteiger partial charge in [-0.25, -0.2) is 9.97 Å². The number of hydrogen-bond donors (Lipinski definition) is 2. The van der Waals surface area contributed by atoms with Crippen LogP contribution in [0.2, 0.25) is 0 Å². The van der Waals surface area contributed by atoms with Crippen LogP contribution < -0.4 is 10.5 Å². The molecule has 5 nitrogen and oxygen atoms in total. The fraction of sp³-hybridized carbons (Fsp3) is 0.273. The van der Waals surface area contributed by atoms with Crippen LogP contribution in [-0.4, -0.2) is 22.1 Å². The fourth-order valence-electron chi connectivity index (χ4n) is 1.43. The monoisotopic (exact) mass is 218 g/mol. The lowest BCUT2D eigenvalue weighted by Gasteiger charge is -2.00. The number of imidazole rings is 1. The first kappa shape index (κ1) is 10.6. The molecule has 0 amide bonds. The van der Waals surface area contributed by atoms with Crippen LogP contribution in [0.25, 0.3) is 0 Å². The van der Waals surface area contributed by atoms with Gasteiger partial charge in [0.05, 0.1) is 7.11 Å². The first-order chi connectivity index (χ1) is 7.81. The van der Waals surface area contributed by atoms with E-state index < -0.39 is 0 Å². The summed E-state index contributed by atoms with van der Waals surface area (Å²) in [5, 5.41) is 0. The van der Waals surface area contributed by atoms with Gasteiger partial charge < -0.3 is 15.5 Å². The van der Waals surface area contributed by atoms with E-state index in [4.69, 9.17) is 10.5 Å². The third-order valence-electron chi connectivity index (χ3n) is 2.28. The van der Waals surface area contributed by atoms with Gasteiger partial charge in [0.2, 0.25) is 5.88 Å². The maximum Gasteiger partial charge on any atom is 0.212 e. The van der Waals surface area contributed by atoms with Crippen molar-refractivity contribution in [1.82, 2.24) is 15.0 Å². The Hall–Kier alpha value is -1.88. The highest BCUT2D eigenvalue weighted by atomic mass is 16.5. The SMILES string of the molecule is COc1ccc(Cc2ncc(CN)[nH]2)cn1. The quantitative estimate of drug-likeness (QED) is 0.798. The molecule has 16 heavy (non-hydrogen) atoms. The van der Waals surface area contributed by atoms with Gasteiger partial charge in [-0.15, -0.1) is 0 Å². The normalized spacial score (nSPS) is 10.4. The number of nitrogens with one attached hydrogen (secondary N) is 1. The minimum atomic E-state index is 0.480. The van der Waals surface area contributed by atoms with E-state index in [1.807, 2.05) is 12.1 Å². The molecule has 2 rings (SSSR count). The Balaban J connectivity index is 2.08. The van der Waals surface area contributed by atoms with Crippen molar-refractivity contribution in [2.45, 2.75) is 13.0 Å². The molecule has 84 valence electrons. The van der Waals surface area contributed by atoms with E-state index in [0.717, 1.165) is 23.5 Å². The standard InChI is InChI=1S/C11H14N4O/c1-16-11-3-2-8(6-14-11)4-10-13-7-9(5-12)15-10/h2-3,6-7H,4-5,12H2,1H3,(H,13,15). The van der Waals surface area contributed by atoms with Gasteiger partial charge in [0, 0.05) is 37.1 Å². The highest BCUT2D eigenvalue weighted by Gasteiger charge is 2.02. The molecule has 0 aliphatic heterocycles. The minimum Gasteiger partial charge on any atom is -0.481 e. The second-order valence-corrected chi connectivity index (χ2v) is 3.44. The zero-order valence-corrected chi connectivity index (χ0v) is 9.10. The highest BCUT2D eigenvalue weighted by molar-refractivity contribution is 5.21. The predicted octanol–water partition coefficient (Wildman–Crippen LogP) is 0.863. The number of methoxy groups -OCH3 is 1. The topological polar surface area (TPSA) is 76.8 Å². The summed E-state index contributed by atoms with van der Waals surface area (Å²) in [6, 6.07) is 3.80. The van der Waals surface area contributed by atoms with Crippen molar-refractivity contribution in [2.24, 2.45) is 5.73 Å². The largest absolute Gasteiger partial charge is 0.481 e. The number of rotatable bonds is 4. The minimum absolute atomic E-state index is 0.480. The van der Waals surface area contributed by atoms with Gasteiger partial charge in [-0.3, -0.25) is 0 Å². The van der Waals surface area contributed by atoms with E-state index in [1.54, 1.807) is 19.5 Å². The number of H-pyrrole nitrogens is 1. The highest BCUT2D eigenvalue weighted by Crippen LogP contribution is 2.10. The Bertz CT molecular complexity index is 449. The number of ether oxygens (including phenoxy) is 1. The number of nitrogens with zero attached hydrogens (tertiary/aromatic N) is 2. The molecule has 2 aromatic heterocycles. The molecule has 2 aromatic rings. The van der Waals surface area contributed by atoms with E-state index in [0.29, 0.717) is 12.4 Å². The van der Waals surface area contributed by atoms with E-state index in [1.165, 1.54) is 0 Å². The summed E-state index contributed by atoms with van der Waals surface area (Å²) in [4.78, 5) is 11.5. The second kappa shape index (κ2) is 4.76. The average molecular weight is 218 g/mol. The van der Waals surface area contributed by atoms with Crippen molar-refractivity contribution in [3.05, 3.63) is 41.6 Å². The van der Waals surface area contributed by atoms with Crippen molar-refractivity contribution in [1.29, 1.82) is 0 Å². The van der Waals surface area contributed by atoms with Gasteiger partial charge in [0.15, 0.2) is 0 Å². The summed E-state index contributed by atoms with van der Waals surface area (Å²) in [6.07, 6.45) is 4.26. The number of aromatic amines is 1. The molecule has 0 bridgehead atoms. The molecule has 0 aliphatic rings. The van der Waals surface area contributed by atoms with E-state index in [9.17, 15) is 0 Å². The summed E-state index contributed by atoms with van der Waals surface area (Å²) in [5.41, 5.74) is 7.52. The van der Waals surface area contributed by atoms with Crippen LogP contribution >= 0.6 is 0 Å². The lowest BCUT2D eigenvalue weighted by molar-refractivity contribution is 0.397. The number of nitrogens with two attached hydrogens (primary N) is 1. The molecule has 3 N–H and O–H groups in total. The summed E-state index contributed by atoms with van der Waals surface area (Å²) < 4.78 is 4.99. The maximum atomic E-state index is 5.49. The van der Waals surface area contributed by atoms with Crippen LogP contribution in [-0.2, 0) is 13.0 Å². The van der Waals surface area contributed by atoms with Crippen LogP contribution in [0.15, 0.2) is 24.5 Å². The number of hydrogen-bond acceptors (Lipinski definition) is 4. The first-order valence-corrected chi connectivity index (χ1v) is 5.03. The molecule has 0 unspecified atom stereocenters. The molecule has 0 aliphatic carbocycles. The molecule has 0 spiro atoms. The Morgan fingerprint density at radius 1 is 1.31 bits per heavy atom. The van der Waals surface area contributed by atoms with Crippen molar-refractivity contribution < 1.29 is 4.74 Å². The van der Waals surface area contributed by atoms with Crippen molar-refractivity contribution in [2.75, 3.05) is 7.11 Å². The first-order valence-electron chi connectivity index (χ1n) is 5.03. The maximum absolute atomic E-state index is 5.49. The third-order valence-corrected chi connectivity index (χ3v) is 2.28. The van der Waals surface area contributed by atoms with Crippen molar-refractivity contribution >= 4 is 0 Å². The lowest BCUT2D eigenvalue weighted by atomic mass is 10.2. The van der Waals surface area contributed by atoms with Crippen LogP contribution in [0.3, 0.4) is 0 Å². The Labute approximate surface area is 93.7 Å². The average Bonchev–Trinajstić information content (AvgIpc) is 2.78. The molecule has 2 heterocycles. The van der Waals surface area contributed by atoms with Gasteiger partial charge >= 0.3 is 0 Å². The smallest absolute Gasteiger partial charge is 0.212 e. The summed E-state index contributed by atoms with van der Waals surface area (Å²) >= 11 is 0. The van der Waals surface area contributed by atoms with Crippen LogP contribution in [0.1, 0.15) is 17.1 Å².